The number of hydrogen-bond donors (Lipinski definition) is 4. The topological polar surface area (TPSA) is 107 Å². The Bertz CT molecular complexity index is 231. The molecule has 0 heterocycles. The number of thioether (sulfide) groups is 1. The molecule has 0 saturated heterocycles. The third kappa shape index (κ3) is 8.22. The summed E-state index contributed by atoms with van der Waals surface area (Å²) in [7, 11) is 0. The van der Waals surface area contributed by atoms with Gasteiger partial charge in [-0.2, -0.15) is 0 Å². The number of nitrogens with one attached hydrogen (secondary N) is 1. The number of hydrogen-bond acceptors (Lipinski definition) is 5. The number of carbonyl (C=O) groups is 2. The maximum absolute atomic E-state index is 11.1. The Morgan fingerprint density at radius 1 is 1.40 bits per heavy atom. The van der Waals surface area contributed by atoms with Crippen molar-refractivity contribution in [3.05, 3.63) is 0 Å². The highest BCUT2D eigenvalue weighted by Gasteiger charge is 2.19. The number of amides is 1. The van der Waals surface area contributed by atoms with E-state index in [4.69, 9.17) is 10.2 Å². The molecule has 7 heteroatoms. The average molecular weight is 237 g/mol. The summed E-state index contributed by atoms with van der Waals surface area (Å²) < 4.78 is 0. The zero-order valence-electron chi connectivity index (χ0n) is 8.39. The molecule has 0 aliphatic carbocycles. The minimum absolute atomic E-state index is 0.0216. The van der Waals surface area contributed by atoms with Crippen LogP contribution in [0.2, 0.25) is 0 Å². The van der Waals surface area contributed by atoms with Crippen LogP contribution < -0.4 is 5.32 Å². The highest BCUT2D eigenvalue weighted by Crippen LogP contribution is 2.01. The molecule has 15 heavy (non-hydrogen) atoms. The molecule has 88 valence electrons. The van der Waals surface area contributed by atoms with E-state index in [0.717, 1.165) is 11.8 Å². The third-order valence-electron chi connectivity index (χ3n) is 1.47. The summed E-state index contributed by atoms with van der Waals surface area (Å²) in [6.45, 7) is 0.878. The summed E-state index contributed by atoms with van der Waals surface area (Å²) in [5.41, 5.74) is -1.34. The van der Waals surface area contributed by atoms with Gasteiger partial charge in [0.15, 0.2) is 0 Å². The lowest BCUT2D eigenvalue weighted by atomic mass is 10.1. The van der Waals surface area contributed by atoms with Crippen LogP contribution in [0.1, 0.15) is 6.92 Å². The molecular weight excluding hydrogens is 222 g/mol. The predicted molar refractivity (Wildman–Crippen MR) is 55.7 cm³/mol. The van der Waals surface area contributed by atoms with Crippen LogP contribution in [-0.4, -0.2) is 57.5 Å². The van der Waals surface area contributed by atoms with Crippen molar-refractivity contribution in [2.75, 3.05) is 24.7 Å². The first kappa shape index (κ1) is 14.2. The van der Waals surface area contributed by atoms with Crippen molar-refractivity contribution in [3.63, 3.8) is 0 Å². The predicted octanol–water partition coefficient (Wildman–Crippen LogP) is -1.34. The van der Waals surface area contributed by atoms with E-state index in [-0.39, 0.29) is 24.0 Å². The van der Waals surface area contributed by atoms with E-state index >= 15 is 0 Å². The van der Waals surface area contributed by atoms with E-state index < -0.39 is 18.2 Å². The molecule has 0 fully saturated rings. The first-order chi connectivity index (χ1) is 6.87. The zero-order chi connectivity index (χ0) is 11.9. The molecule has 0 saturated carbocycles. The van der Waals surface area contributed by atoms with Gasteiger partial charge < -0.3 is 20.6 Å². The molecular formula is C8H15NO5S. The minimum atomic E-state index is -1.34. The van der Waals surface area contributed by atoms with Gasteiger partial charge in [0.1, 0.15) is 5.60 Å². The van der Waals surface area contributed by atoms with Gasteiger partial charge in [0.05, 0.1) is 18.1 Å². The second kappa shape index (κ2) is 6.65. The molecule has 4 N–H and O–H groups in total. The number of carbonyl (C=O) groups excluding carboxylic acids is 1. The number of rotatable bonds is 7. The SMILES string of the molecule is CC(O)(CO)CNC(=O)CSCC(=O)O. The molecule has 0 aromatic heterocycles. The maximum Gasteiger partial charge on any atom is 0.313 e. The fourth-order valence-electron chi connectivity index (χ4n) is 0.627. The largest absolute Gasteiger partial charge is 0.481 e. The summed E-state index contributed by atoms with van der Waals surface area (Å²) in [5.74, 6) is -1.46. The van der Waals surface area contributed by atoms with Crippen molar-refractivity contribution >= 4 is 23.6 Å². The molecule has 1 amide bonds. The standard InChI is InChI=1S/C8H15NO5S/c1-8(14,5-10)4-9-6(11)2-15-3-7(12)13/h10,14H,2-5H2,1H3,(H,9,11)(H,12,13). The van der Waals surface area contributed by atoms with Crippen LogP contribution in [0.25, 0.3) is 0 Å². The zero-order valence-corrected chi connectivity index (χ0v) is 9.21. The lowest BCUT2D eigenvalue weighted by molar-refractivity contribution is -0.133. The van der Waals surface area contributed by atoms with Gasteiger partial charge in [0.25, 0.3) is 0 Å². The van der Waals surface area contributed by atoms with E-state index in [1.54, 1.807) is 0 Å². The Labute approximate surface area is 91.7 Å². The number of aliphatic hydroxyl groups excluding tert-OH is 1. The number of carboxylic acid groups (broad SMARTS) is 1. The van der Waals surface area contributed by atoms with Crippen molar-refractivity contribution in [3.8, 4) is 0 Å². The normalized spacial score (nSPS) is 14.3. The molecule has 0 aromatic carbocycles. The highest BCUT2D eigenvalue weighted by molar-refractivity contribution is 8.00. The molecule has 0 rings (SSSR count). The van der Waals surface area contributed by atoms with Gasteiger partial charge in [-0.15, -0.1) is 11.8 Å². The van der Waals surface area contributed by atoms with Crippen LogP contribution >= 0.6 is 11.8 Å². The molecule has 1 unspecified atom stereocenters. The molecule has 6 nitrogen and oxygen atoms in total. The Morgan fingerprint density at radius 3 is 2.47 bits per heavy atom. The van der Waals surface area contributed by atoms with E-state index in [0.29, 0.717) is 0 Å². The Kier molecular flexibility index (Phi) is 6.30. The second-order valence-corrected chi connectivity index (χ2v) is 4.30. The van der Waals surface area contributed by atoms with Crippen molar-refractivity contribution in [2.45, 2.75) is 12.5 Å². The summed E-state index contributed by atoms with van der Waals surface area (Å²) in [6, 6.07) is 0. The summed E-state index contributed by atoms with van der Waals surface area (Å²) in [4.78, 5) is 21.2. The van der Waals surface area contributed by atoms with E-state index in [1.807, 2.05) is 0 Å². The molecule has 0 bridgehead atoms. The first-order valence-electron chi connectivity index (χ1n) is 4.27. The van der Waals surface area contributed by atoms with Crippen molar-refractivity contribution in [1.82, 2.24) is 5.32 Å². The molecule has 0 spiro atoms. The Morgan fingerprint density at radius 2 is 2.00 bits per heavy atom. The van der Waals surface area contributed by atoms with Crippen LogP contribution in [0.3, 0.4) is 0 Å². The Hall–Kier alpha value is -0.790. The van der Waals surface area contributed by atoms with Crippen LogP contribution in [0.4, 0.5) is 0 Å². The summed E-state index contributed by atoms with van der Waals surface area (Å²) in [6.07, 6.45) is 0. The third-order valence-corrected chi connectivity index (χ3v) is 2.38. The lowest BCUT2D eigenvalue weighted by Gasteiger charge is -2.20. The minimum Gasteiger partial charge on any atom is -0.481 e. The van der Waals surface area contributed by atoms with E-state index in [1.165, 1.54) is 6.92 Å². The maximum atomic E-state index is 11.1. The smallest absolute Gasteiger partial charge is 0.313 e. The van der Waals surface area contributed by atoms with Gasteiger partial charge in [-0.3, -0.25) is 9.59 Å². The first-order valence-corrected chi connectivity index (χ1v) is 5.42. The van der Waals surface area contributed by atoms with Crippen LogP contribution in [0.5, 0.6) is 0 Å². The van der Waals surface area contributed by atoms with Gasteiger partial charge in [-0.25, -0.2) is 0 Å². The van der Waals surface area contributed by atoms with Crippen LogP contribution in [0, 0.1) is 0 Å². The van der Waals surface area contributed by atoms with Gasteiger partial charge in [0.2, 0.25) is 5.91 Å². The number of aliphatic carboxylic acids is 1. The van der Waals surface area contributed by atoms with Gasteiger partial charge in [-0.1, -0.05) is 0 Å². The van der Waals surface area contributed by atoms with Gasteiger partial charge >= 0.3 is 5.97 Å². The number of aliphatic hydroxyl groups is 2. The summed E-state index contributed by atoms with van der Waals surface area (Å²) >= 11 is 0.972. The molecule has 0 aromatic rings. The average Bonchev–Trinajstić information content (AvgIpc) is 2.14. The molecule has 0 aliphatic rings. The lowest BCUT2D eigenvalue weighted by Crippen LogP contribution is -2.43. The monoisotopic (exact) mass is 237 g/mol. The van der Waals surface area contributed by atoms with Gasteiger partial charge in [-0.05, 0) is 6.92 Å². The van der Waals surface area contributed by atoms with Crippen LogP contribution in [-0.2, 0) is 9.59 Å². The summed E-state index contributed by atoms with van der Waals surface area (Å²) in [5, 5.41) is 28.7. The molecule has 0 radical (unpaired) electrons. The fourth-order valence-corrected chi connectivity index (χ4v) is 1.19. The van der Waals surface area contributed by atoms with Crippen molar-refractivity contribution < 1.29 is 24.9 Å². The van der Waals surface area contributed by atoms with Gasteiger partial charge in [0, 0.05) is 6.54 Å². The quantitative estimate of drug-likeness (QED) is 0.437. The fraction of sp³-hybridized carbons (Fsp3) is 0.750. The van der Waals surface area contributed by atoms with E-state index in [2.05, 4.69) is 5.32 Å². The Balaban J connectivity index is 3.62. The van der Waals surface area contributed by atoms with Crippen molar-refractivity contribution in [1.29, 1.82) is 0 Å². The second-order valence-electron chi connectivity index (χ2n) is 3.32. The highest BCUT2D eigenvalue weighted by atomic mass is 32.2. The van der Waals surface area contributed by atoms with E-state index in [9.17, 15) is 14.7 Å². The molecule has 0 aliphatic heterocycles. The van der Waals surface area contributed by atoms with Crippen LogP contribution in [0.15, 0.2) is 0 Å². The molecule has 1 atom stereocenters. The van der Waals surface area contributed by atoms with Crippen molar-refractivity contribution in [2.24, 2.45) is 0 Å². The number of carboxylic acids is 1.